The van der Waals surface area contributed by atoms with Crippen molar-refractivity contribution in [3.63, 3.8) is 0 Å². The van der Waals surface area contributed by atoms with Gasteiger partial charge in [-0.15, -0.1) is 0 Å². The van der Waals surface area contributed by atoms with Crippen molar-refractivity contribution in [2.45, 2.75) is 386 Å². The van der Waals surface area contributed by atoms with Gasteiger partial charge < -0.3 is 20.3 Å². The first-order chi connectivity index (χ1) is 35.5. The SMILES string of the molecule is CCCCCCCCC/C=C\CCCCCCCC(=O)OCCCCCCCCCCCCCCCCCCCCC(=O)NC(CO)C(O)CCCCCCCCCCCCCCCCCCCCCCC. The number of unbranched alkanes of at least 4 members (excludes halogenated alkanes) is 49. The van der Waals surface area contributed by atoms with Crippen LogP contribution in [0, 0.1) is 0 Å². The fraction of sp³-hybridized carbons (Fsp3) is 0.939. The van der Waals surface area contributed by atoms with Crippen LogP contribution in [0.15, 0.2) is 12.2 Å². The molecule has 2 atom stereocenters. The second-order valence-corrected chi connectivity index (χ2v) is 22.8. The van der Waals surface area contributed by atoms with Gasteiger partial charge in [-0.1, -0.05) is 321 Å². The number of carbonyl (C=O) groups excluding carboxylic acids is 2. The molecule has 0 aromatic heterocycles. The number of aliphatic hydroxyl groups excluding tert-OH is 2. The van der Waals surface area contributed by atoms with E-state index < -0.39 is 12.1 Å². The van der Waals surface area contributed by atoms with Gasteiger partial charge in [0.1, 0.15) is 0 Å². The van der Waals surface area contributed by atoms with Gasteiger partial charge in [-0.25, -0.2) is 0 Å². The van der Waals surface area contributed by atoms with E-state index in [0.717, 1.165) is 44.9 Å². The number of esters is 1. The van der Waals surface area contributed by atoms with Gasteiger partial charge in [-0.2, -0.15) is 0 Å². The monoisotopic (exact) mass is 1020 g/mol. The van der Waals surface area contributed by atoms with Crippen molar-refractivity contribution in [2.75, 3.05) is 13.2 Å². The molecule has 3 N–H and O–H groups in total. The first-order valence-corrected chi connectivity index (χ1v) is 32.9. The number of ether oxygens (including phenoxy) is 1. The second kappa shape index (κ2) is 62.1. The van der Waals surface area contributed by atoms with Crippen LogP contribution < -0.4 is 5.32 Å². The van der Waals surface area contributed by atoms with Crippen LogP contribution in [0.5, 0.6) is 0 Å². The molecule has 0 aliphatic rings. The minimum atomic E-state index is -0.668. The second-order valence-electron chi connectivity index (χ2n) is 22.8. The molecule has 1 amide bonds. The van der Waals surface area contributed by atoms with Gasteiger partial charge in [0, 0.05) is 12.8 Å². The summed E-state index contributed by atoms with van der Waals surface area (Å²) in [4.78, 5) is 24.6. The Balaban J connectivity index is 3.40. The average molecular weight is 1020 g/mol. The van der Waals surface area contributed by atoms with Crippen LogP contribution in [0.4, 0.5) is 0 Å². The van der Waals surface area contributed by atoms with Crippen LogP contribution in [0.25, 0.3) is 0 Å². The lowest BCUT2D eigenvalue weighted by Gasteiger charge is -2.22. The highest BCUT2D eigenvalue weighted by molar-refractivity contribution is 5.76. The molecule has 0 aromatic carbocycles. The maximum Gasteiger partial charge on any atom is 0.305 e. The van der Waals surface area contributed by atoms with Crippen molar-refractivity contribution in [1.29, 1.82) is 0 Å². The first-order valence-electron chi connectivity index (χ1n) is 32.9. The molecule has 428 valence electrons. The van der Waals surface area contributed by atoms with Crippen molar-refractivity contribution in [3.8, 4) is 0 Å². The molecule has 72 heavy (non-hydrogen) atoms. The number of hydrogen-bond acceptors (Lipinski definition) is 5. The van der Waals surface area contributed by atoms with E-state index >= 15 is 0 Å². The Morgan fingerprint density at radius 3 is 0.986 bits per heavy atom. The quantitative estimate of drug-likeness (QED) is 0.0320. The van der Waals surface area contributed by atoms with Gasteiger partial charge in [0.25, 0.3) is 0 Å². The molecular weight excluding hydrogens is 887 g/mol. The van der Waals surface area contributed by atoms with Crippen molar-refractivity contribution in [2.24, 2.45) is 0 Å². The van der Waals surface area contributed by atoms with Crippen molar-refractivity contribution in [3.05, 3.63) is 12.2 Å². The summed E-state index contributed by atoms with van der Waals surface area (Å²) in [5, 5.41) is 23.4. The highest BCUT2D eigenvalue weighted by Crippen LogP contribution is 2.19. The van der Waals surface area contributed by atoms with E-state index in [4.69, 9.17) is 4.74 Å². The predicted molar refractivity (Wildman–Crippen MR) is 315 cm³/mol. The fourth-order valence-electron chi connectivity index (χ4n) is 10.5. The highest BCUT2D eigenvalue weighted by Gasteiger charge is 2.20. The molecule has 2 unspecified atom stereocenters. The Labute approximate surface area is 450 Å². The van der Waals surface area contributed by atoms with Crippen LogP contribution in [-0.4, -0.2) is 47.4 Å². The molecule has 0 heterocycles. The molecule has 6 heteroatoms. The molecule has 0 fully saturated rings. The lowest BCUT2D eigenvalue weighted by molar-refractivity contribution is -0.143. The summed E-state index contributed by atoms with van der Waals surface area (Å²) >= 11 is 0. The summed E-state index contributed by atoms with van der Waals surface area (Å²) in [5.41, 5.74) is 0. The summed E-state index contributed by atoms with van der Waals surface area (Å²) in [6.45, 7) is 4.97. The fourth-order valence-corrected chi connectivity index (χ4v) is 10.5. The average Bonchev–Trinajstić information content (AvgIpc) is 3.38. The standard InChI is InChI=1S/C66H129NO5/c1-3-5-7-9-11-13-15-17-19-21-22-23-24-27-30-34-38-42-46-50-54-58-64(69)63(62-68)67-65(70)59-55-51-47-43-39-35-31-28-25-26-29-33-37-41-45-49-53-57-61-72-66(71)60-56-52-48-44-40-36-32-20-18-16-14-12-10-8-6-4-2/h20,32,63-64,68-69H,3-19,21-31,33-62H2,1-2H3,(H,67,70)/b32-20-. The van der Waals surface area contributed by atoms with Gasteiger partial charge in [0.2, 0.25) is 5.91 Å². The van der Waals surface area contributed by atoms with Crippen molar-refractivity contribution in [1.82, 2.24) is 5.32 Å². The van der Waals surface area contributed by atoms with Crippen LogP contribution >= 0.6 is 0 Å². The number of aliphatic hydroxyl groups is 2. The number of amides is 1. The van der Waals surface area contributed by atoms with E-state index in [1.54, 1.807) is 0 Å². The molecule has 0 saturated carbocycles. The zero-order chi connectivity index (χ0) is 52.2. The summed E-state index contributed by atoms with van der Waals surface area (Å²) < 4.78 is 5.49. The van der Waals surface area contributed by atoms with Crippen LogP contribution in [0.2, 0.25) is 0 Å². The van der Waals surface area contributed by atoms with Gasteiger partial charge in [-0.05, 0) is 51.4 Å². The number of rotatable bonds is 62. The third-order valence-corrected chi connectivity index (χ3v) is 15.6. The maximum absolute atomic E-state index is 12.5. The van der Waals surface area contributed by atoms with Crippen LogP contribution in [-0.2, 0) is 14.3 Å². The molecule has 0 aliphatic carbocycles. The summed E-state index contributed by atoms with van der Waals surface area (Å²) in [7, 11) is 0. The molecule has 0 rings (SSSR count). The minimum Gasteiger partial charge on any atom is -0.466 e. The van der Waals surface area contributed by atoms with E-state index in [1.165, 1.54) is 295 Å². The van der Waals surface area contributed by atoms with Crippen molar-refractivity contribution < 1.29 is 24.5 Å². The molecule has 6 nitrogen and oxygen atoms in total. The largest absolute Gasteiger partial charge is 0.466 e. The lowest BCUT2D eigenvalue weighted by atomic mass is 10.0. The third-order valence-electron chi connectivity index (χ3n) is 15.6. The van der Waals surface area contributed by atoms with E-state index in [-0.39, 0.29) is 18.5 Å². The Morgan fingerprint density at radius 2 is 0.653 bits per heavy atom. The lowest BCUT2D eigenvalue weighted by Crippen LogP contribution is -2.45. The first kappa shape index (κ1) is 70.6. The normalized spacial score (nSPS) is 12.6. The predicted octanol–water partition coefficient (Wildman–Crippen LogP) is 20.8. The smallest absolute Gasteiger partial charge is 0.305 e. The number of carbonyl (C=O) groups is 2. The van der Waals surface area contributed by atoms with Gasteiger partial charge in [0.05, 0.1) is 25.4 Å². The summed E-state index contributed by atoms with van der Waals surface area (Å²) in [5.74, 6) is -0.0336. The Morgan fingerprint density at radius 1 is 0.375 bits per heavy atom. The molecule has 0 saturated heterocycles. The Kier molecular flexibility index (Phi) is 60.9. The van der Waals surface area contributed by atoms with E-state index in [0.29, 0.717) is 25.9 Å². The molecule has 0 aliphatic heterocycles. The molecule has 0 radical (unpaired) electrons. The minimum absolute atomic E-state index is 0.00119. The zero-order valence-corrected chi connectivity index (χ0v) is 48.9. The summed E-state index contributed by atoms with van der Waals surface area (Å²) in [6, 6.07) is -0.545. The van der Waals surface area contributed by atoms with Crippen molar-refractivity contribution >= 4 is 11.9 Å². The zero-order valence-electron chi connectivity index (χ0n) is 48.9. The molecule has 0 bridgehead atoms. The highest BCUT2D eigenvalue weighted by atomic mass is 16.5. The van der Waals surface area contributed by atoms with E-state index in [1.807, 2.05) is 0 Å². The molecule has 0 spiro atoms. The van der Waals surface area contributed by atoms with Gasteiger partial charge in [-0.3, -0.25) is 9.59 Å². The van der Waals surface area contributed by atoms with Crippen LogP contribution in [0.3, 0.4) is 0 Å². The van der Waals surface area contributed by atoms with Gasteiger partial charge in [0.15, 0.2) is 0 Å². The summed E-state index contributed by atoms with van der Waals surface area (Å²) in [6.07, 6.45) is 75.1. The molecular formula is C66H129NO5. The van der Waals surface area contributed by atoms with Gasteiger partial charge >= 0.3 is 5.97 Å². The topological polar surface area (TPSA) is 95.9 Å². The third kappa shape index (κ3) is 57.9. The number of hydrogen-bond donors (Lipinski definition) is 3. The number of allylic oxidation sites excluding steroid dienone is 2. The molecule has 0 aromatic rings. The van der Waals surface area contributed by atoms with Crippen LogP contribution in [0.1, 0.15) is 373 Å². The maximum atomic E-state index is 12.5. The van der Waals surface area contributed by atoms with E-state index in [2.05, 4.69) is 31.3 Å². The Bertz CT molecular complexity index is 1080. The Hall–Kier alpha value is -1.40. The van der Waals surface area contributed by atoms with E-state index in [9.17, 15) is 19.8 Å². The number of nitrogens with one attached hydrogen (secondary N) is 1.